The average molecular weight is 676 g/mol. The number of ether oxygens (including phenoxy) is 5. The molecular weight excluding hydrogens is 646 g/mol. The molecule has 4 aromatic rings. The Balaban J connectivity index is 1.27. The first-order valence-electron chi connectivity index (χ1n) is 14.7. The lowest BCUT2D eigenvalue weighted by Crippen LogP contribution is -2.56. The van der Waals surface area contributed by atoms with Gasteiger partial charge in [-0.3, -0.25) is 0 Å². The number of benzene rings is 4. The Bertz CT molecular complexity index is 1730. The van der Waals surface area contributed by atoms with Gasteiger partial charge in [-0.25, -0.2) is 19.2 Å². The van der Waals surface area contributed by atoms with E-state index in [1.807, 2.05) is 6.92 Å². The van der Waals surface area contributed by atoms with Crippen LogP contribution in [0.2, 0.25) is 5.02 Å². The Morgan fingerprint density at radius 2 is 1.40 bits per heavy atom. The maximum absolute atomic E-state index is 13.4. The molecule has 1 aliphatic heterocycles. The van der Waals surface area contributed by atoms with Gasteiger partial charge in [-0.15, -0.1) is 0 Å². The minimum Gasteiger partial charge on any atom is -0.475 e. The molecule has 0 bridgehead atoms. The largest absolute Gasteiger partial charge is 0.475 e. The fraction of sp³-hybridized carbons (Fsp3) is 0.200. The minimum atomic E-state index is -3.05. The number of nitrogens with one attached hydrogen (secondary N) is 1. The lowest BCUT2D eigenvalue weighted by atomic mass is 10.1. The van der Waals surface area contributed by atoms with Crippen molar-refractivity contribution in [1.29, 1.82) is 0 Å². The summed E-state index contributed by atoms with van der Waals surface area (Å²) in [6.07, 6.45) is -0.371. The van der Waals surface area contributed by atoms with Gasteiger partial charge in [-0.05, 0) is 73.0 Å². The number of esters is 3. The number of halogens is 1. The van der Waals surface area contributed by atoms with Crippen LogP contribution in [0.4, 0.5) is 0 Å². The highest BCUT2D eigenvalue weighted by atomic mass is 35.5. The van der Waals surface area contributed by atoms with E-state index < -0.39 is 42.2 Å². The van der Waals surface area contributed by atoms with Gasteiger partial charge >= 0.3 is 36.1 Å². The number of rotatable bonds is 13. The molecule has 3 unspecified atom stereocenters. The van der Waals surface area contributed by atoms with Gasteiger partial charge in [0.25, 0.3) is 0 Å². The minimum absolute atomic E-state index is 0.0400. The summed E-state index contributed by atoms with van der Waals surface area (Å²) in [7, 11) is 0. The Hall–Kier alpha value is -5.43. The molecule has 12 nitrogen and oxygen atoms in total. The van der Waals surface area contributed by atoms with Crippen LogP contribution in [-0.4, -0.2) is 58.9 Å². The lowest BCUT2D eigenvalue weighted by Gasteiger charge is -2.24. The zero-order valence-corrected chi connectivity index (χ0v) is 26.2. The number of carboxylic acid groups (broad SMARTS) is 1. The van der Waals surface area contributed by atoms with Crippen molar-refractivity contribution in [1.82, 2.24) is 5.32 Å². The Kier molecular flexibility index (Phi) is 10.6. The van der Waals surface area contributed by atoms with Crippen LogP contribution in [0.1, 0.15) is 44.9 Å². The number of aliphatic hydroxyl groups excluding tert-OH is 1. The molecule has 0 aromatic heterocycles. The van der Waals surface area contributed by atoms with Gasteiger partial charge in [0, 0.05) is 17.6 Å². The molecule has 48 heavy (non-hydrogen) atoms. The number of carbonyl (C=O) groups is 4. The van der Waals surface area contributed by atoms with E-state index in [0.29, 0.717) is 22.6 Å². The quantitative estimate of drug-likeness (QED) is 0.102. The monoisotopic (exact) mass is 675 g/mol. The summed E-state index contributed by atoms with van der Waals surface area (Å²) in [5.74, 6) is -8.79. The summed E-state index contributed by atoms with van der Waals surface area (Å²) >= 11 is 6.02. The topological polar surface area (TPSA) is 167 Å². The summed E-state index contributed by atoms with van der Waals surface area (Å²) in [6.45, 7) is -0.179. The van der Waals surface area contributed by atoms with Crippen LogP contribution in [0.3, 0.4) is 0 Å². The van der Waals surface area contributed by atoms with Crippen LogP contribution < -0.4 is 14.8 Å². The highest BCUT2D eigenvalue weighted by Crippen LogP contribution is 2.41. The molecule has 0 amide bonds. The lowest BCUT2D eigenvalue weighted by molar-refractivity contribution is -0.250. The number of fused-ring (bicyclic) bond motifs is 1. The predicted molar refractivity (Wildman–Crippen MR) is 169 cm³/mol. The number of hydrogen-bond donors (Lipinski definition) is 3. The summed E-state index contributed by atoms with van der Waals surface area (Å²) in [4.78, 5) is 51.3. The van der Waals surface area contributed by atoms with Crippen LogP contribution >= 0.6 is 11.6 Å². The first-order valence-corrected chi connectivity index (χ1v) is 15.1. The van der Waals surface area contributed by atoms with Gasteiger partial charge < -0.3 is 39.2 Å². The van der Waals surface area contributed by atoms with E-state index in [1.54, 1.807) is 66.7 Å². The van der Waals surface area contributed by atoms with Gasteiger partial charge in [-0.2, -0.15) is 0 Å². The van der Waals surface area contributed by atoms with E-state index in [-0.39, 0.29) is 35.2 Å². The average Bonchev–Trinajstić information content (AvgIpc) is 3.48. The van der Waals surface area contributed by atoms with Gasteiger partial charge in [0.05, 0.1) is 17.2 Å². The molecular formula is C35H30ClNO11. The second-order valence-electron chi connectivity index (χ2n) is 10.7. The number of carboxylic acids is 1. The number of aliphatic carboxylic acids is 1. The smallest absolute Gasteiger partial charge is 0.453 e. The molecule has 0 aliphatic carbocycles. The van der Waals surface area contributed by atoms with Crippen molar-refractivity contribution < 1.29 is 53.1 Å². The third-order valence-electron chi connectivity index (χ3n) is 7.13. The number of aliphatic hydroxyl groups is 1. The van der Waals surface area contributed by atoms with Gasteiger partial charge in [0.1, 0.15) is 0 Å². The molecule has 13 heteroatoms. The Morgan fingerprint density at radius 1 is 0.792 bits per heavy atom. The normalized spacial score (nSPS) is 16.1. The SMILES string of the molecule is CC(Cc1ccc2c(c1)OC(C(=O)O)(C(=O)OC(OC(=O)c1ccccc1)OC(=O)c1ccccc1)O2)NCC(O)c1cccc(Cl)c1. The maximum atomic E-state index is 13.4. The van der Waals surface area contributed by atoms with Crippen molar-refractivity contribution >= 4 is 35.5 Å². The highest BCUT2D eigenvalue weighted by Gasteiger charge is 2.60. The molecule has 3 atom stereocenters. The third-order valence-corrected chi connectivity index (χ3v) is 7.36. The molecule has 248 valence electrons. The van der Waals surface area contributed by atoms with E-state index in [1.165, 1.54) is 36.4 Å². The van der Waals surface area contributed by atoms with Crippen molar-refractivity contribution in [3.63, 3.8) is 0 Å². The summed E-state index contributed by atoms with van der Waals surface area (Å²) in [5.41, 5.74) is 1.43. The molecule has 0 spiro atoms. The highest BCUT2D eigenvalue weighted by molar-refractivity contribution is 6.30. The van der Waals surface area contributed by atoms with Gasteiger partial charge in [0.2, 0.25) is 0 Å². The molecule has 0 fully saturated rings. The van der Waals surface area contributed by atoms with Crippen LogP contribution in [0.25, 0.3) is 0 Å². The summed E-state index contributed by atoms with van der Waals surface area (Å²) in [6, 6.07) is 26.5. The van der Waals surface area contributed by atoms with Crippen molar-refractivity contribution in [2.24, 2.45) is 0 Å². The first-order chi connectivity index (χ1) is 23.0. The zero-order chi connectivity index (χ0) is 34.3. The number of hydrogen-bond acceptors (Lipinski definition) is 11. The predicted octanol–water partition coefficient (Wildman–Crippen LogP) is 4.69. The molecule has 0 saturated heterocycles. The number of carbonyl (C=O) groups excluding carboxylic acids is 3. The van der Waals surface area contributed by atoms with E-state index in [2.05, 4.69) is 5.32 Å². The molecule has 0 radical (unpaired) electrons. The molecule has 3 N–H and O–H groups in total. The van der Waals surface area contributed by atoms with E-state index in [4.69, 9.17) is 35.3 Å². The second-order valence-corrected chi connectivity index (χ2v) is 11.2. The van der Waals surface area contributed by atoms with Crippen molar-refractivity contribution in [2.45, 2.75) is 37.8 Å². The molecule has 1 aliphatic rings. The molecule has 5 rings (SSSR count). The zero-order valence-electron chi connectivity index (χ0n) is 25.4. The first kappa shape index (κ1) is 33.9. The van der Waals surface area contributed by atoms with Crippen molar-refractivity contribution in [3.8, 4) is 11.5 Å². The van der Waals surface area contributed by atoms with Crippen molar-refractivity contribution in [3.05, 3.63) is 130 Å². The van der Waals surface area contributed by atoms with E-state index in [0.717, 1.165) is 0 Å². The van der Waals surface area contributed by atoms with Crippen LogP contribution in [-0.2, 0) is 30.2 Å². The van der Waals surface area contributed by atoms with Crippen molar-refractivity contribution in [2.75, 3.05) is 6.54 Å². The standard InChI is InChI=1S/C35H30ClNO11/c1-21(37-20-27(38)25-13-8-14-26(36)19-25)17-22-15-16-28-29(18-22)48-35(47-28,32(41)42)33(43)46-34(44-30(39)23-9-4-2-5-10-23)45-31(40)24-11-6-3-7-12-24/h2-16,18-19,21,27,34,37-38H,17,20H2,1H3,(H,41,42). The summed E-state index contributed by atoms with van der Waals surface area (Å²) < 4.78 is 26.4. The third kappa shape index (κ3) is 8.10. The molecule has 0 saturated carbocycles. The van der Waals surface area contributed by atoms with Gasteiger partial charge in [0.15, 0.2) is 11.5 Å². The summed E-state index contributed by atoms with van der Waals surface area (Å²) in [5, 5.41) is 24.3. The fourth-order valence-corrected chi connectivity index (χ4v) is 4.90. The van der Waals surface area contributed by atoms with E-state index >= 15 is 0 Å². The van der Waals surface area contributed by atoms with Crippen LogP contribution in [0.15, 0.2) is 103 Å². The van der Waals surface area contributed by atoms with E-state index in [9.17, 15) is 29.4 Å². The maximum Gasteiger partial charge on any atom is 0.453 e. The Morgan fingerprint density at radius 3 is 1.98 bits per heavy atom. The van der Waals surface area contributed by atoms with Gasteiger partial charge in [-0.1, -0.05) is 66.2 Å². The molecule has 4 aromatic carbocycles. The fourth-order valence-electron chi connectivity index (χ4n) is 4.70. The Labute approximate surface area is 279 Å². The van der Waals surface area contributed by atoms with Crippen LogP contribution in [0.5, 0.6) is 11.5 Å². The second kappa shape index (κ2) is 15.0. The van der Waals surface area contributed by atoms with Crippen LogP contribution in [0, 0.1) is 0 Å². The molecule has 1 heterocycles.